The van der Waals surface area contributed by atoms with Gasteiger partial charge in [0.1, 0.15) is 0 Å². The van der Waals surface area contributed by atoms with E-state index in [1.807, 2.05) is 0 Å². The van der Waals surface area contributed by atoms with Crippen molar-refractivity contribution >= 4 is 6.03 Å². The highest BCUT2D eigenvalue weighted by Crippen LogP contribution is 2.08. The molecule has 13 heavy (non-hydrogen) atoms. The van der Waals surface area contributed by atoms with Gasteiger partial charge < -0.3 is 10.6 Å². The Morgan fingerprint density at radius 3 is 3.00 bits per heavy atom. The van der Waals surface area contributed by atoms with E-state index in [0.717, 1.165) is 6.42 Å². The Bertz CT molecular complexity index is 235. The number of nitrogens with one attached hydrogen (secondary N) is 1. The van der Waals surface area contributed by atoms with Crippen molar-refractivity contribution < 1.29 is 4.79 Å². The van der Waals surface area contributed by atoms with E-state index in [1.54, 1.807) is 11.8 Å². The normalized spacial score (nSPS) is 24.0. The third kappa shape index (κ3) is 2.60. The van der Waals surface area contributed by atoms with E-state index in [4.69, 9.17) is 11.0 Å². The van der Waals surface area contributed by atoms with Crippen LogP contribution in [0.3, 0.4) is 0 Å². The average molecular weight is 182 g/mol. The highest BCUT2D eigenvalue weighted by Gasteiger charge is 2.25. The van der Waals surface area contributed by atoms with Gasteiger partial charge in [0.05, 0.1) is 12.1 Å². The minimum Gasteiger partial charge on any atom is -0.351 e. The van der Waals surface area contributed by atoms with Crippen molar-refractivity contribution in [2.45, 2.75) is 25.4 Å². The van der Waals surface area contributed by atoms with Gasteiger partial charge in [0.25, 0.3) is 0 Å². The summed E-state index contributed by atoms with van der Waals surface area (Å²) in [7, 11) is 0. The zero-order valence-corrected chi connectivity index (χ0v) is 7.66. The molecule has 1 rings (SSSR count). The first kappa shape index (κ1) is 9.81. The Morgan fingerprint density at radius 2 is 2.54 bits per heavy atom. The summed E-state index contributed by atoms with van der Waals surface area (Å²) in [5.41, 5.74) is 5.12. The van der Waals surface area contributed by atoms with Crippen LogP contribution in [0.1, 0.15) is 13.3 Å². The molecule has 2 amide bonds. The molecule has 0 radical (unpaired) electrons. The number of hydrogen-bond acceptors (Lipinski definition) is 3. The van der Waals surface area contributed by atoms with Crippen molar-refractivity contribution in [1.29, 1.82) is 5.26 Å². The van der Waals surface area contributed by atoms with E-state index < -0.39 is 0 Å². The van der Waals surface area contributed by atoms with Gasteiger partial charge in [0.2, 0.25) is 0 Å². The average Bonchev–Trinajstić information content (AvgIpc) is 2.52. The first-order valence-electron chi connectivity index (χ1n) is 4.33. The smallest absolute Gasteiger partial charge is 0.314 e. The van der Waals surface area contributed by atoms with E-state index in [1.165, 1.54) is 0 Å². The van der Waals surface area contributed by atoms with Gasteiger partial charge in [-0.05, 0) is 13.3 Å². The number of likely N-dealkylation sites (tertiary alicyclic amines) is 1. The highest BCUT2D eigenvalue weighted by atomic mass is 16.2. The molecule has 2 atom stereocenters. The second kappa shape index (κ2) is 4.10. The largest absolute Gasteiger partial charge is 0.351 e. The summed E-state index contributed by atoms with van der Waals surface area (Å²) in [6.45, 7) is 3.10. The predicted molar refractivity (Wildman–Crippen MR) is 47.8 cm³/mol. The summed E-state index contributed by atoms with van der Waals surface area (Å²) in [6.07, 6.45) is 0.870. The van der Waals surface area contributed by atoms with Crippen LogP contribution in [0.15, 0.2) is 0 Å². The topological polar surface area (TPSA) is 82.2 Å². The molecule has 72 valence electrons. The molecule has 2 unspecified atom stereocenters. The van der Waals surface area contributed by atoms with Crippen molar-refractivity contribution in [1.82, 2.24) is 10.2 Å². The maximum atomic E-state index is 10.8. The van der Waals surface area contributed by atoms with Crippen molar-refractivity contribution in [3.8, 4) is 6.07 Å². The second-order valence-electron chi connectivity index (χ2n) is 3.29. The van der Waals surface area contributed by atoms with Crippen molar-refractivity contribution in [3.63, 3.8) is 0 Å². The minimum atomic E-state index is -0.381. The predicted octanol–water partition coefficient (Wildman–Crippen LogP) is -0.359. The molecule has 0 aromatic heterocycles. The first-order chi connectivity index (χ1) is 6.13. The molecule has 5 heteroatoms. The molecule has 0 bridgehead atoms. The van der Waals surface area contributed by atoms with E-state index in [9.17, 15) is 4.79 Å². The number of nitriles is 1. The lowest BCUT2D eigenvalue weighted by molar-refractivity contribution is 0.217. The summed E-state index contributed by atoms with van der Waals surface area (Å²) in [4.78, 5) is 12.3. The van der Waals surface area contributed by atoms with Gasteiger partial charge in [-0.1, -0.05) is 0 Å². The molecule has 3 N–H and O–H groups in total. The monoisotopic (exact) mass is 182 g/mol. The standard InChI is InChI=1S/C8H14N4O/c1-6(4-9)11-7-2-3-12(5-7)8(10)13/h6-7,11H,2-3,5H2,1H3,(H2,10,13). The SMILES string of the molecule is CC(C#N)NC1CCN(C(N)=O)C1. The lowest BCUT2D eigenvalue weighted by Gasteiger charge is -2.15. The Balaban J connectivity index is 2.34. The molecular formula is C8H14N4O. The van der Waals surface area contributed by atoms with Gasteiger partial charge >= 0.3 is 6.03 Å². The number of nitrogens with two attached hydrogens (primary N) is 1. The van der Waals surface area contributed by atoms with Gasteiger partial charge in [-0.2, -0.15) is 5.26 Å². The van der Waals surface area contributed by atoms with Gasteiger partial charge in [-0.15, -0.1) is 0 Å². The van der Waals surface area contributed by atoms with E-state index in [2.05, 4.69) is 11.4 Å². The fourth-order valence-corrected chi connectivity index (χ4v) is 1.49. The Labute approximate surface area is 77.5 Å². The third-order valence-corrected chi connectivity index (χ3v) is 2.18. The number of carbonyl (C=O) groups is 1. The first-order valence-corrected chi connectivity index (χ1v) is 4.33. The number of nitrogens with zero attached hydrogens (tertiary/aromatic N) is 2. The van der Waals surface area contributed by atoms with Crippen molar-refractivity contribution in [2.24, 2.45) is 5.73 Å². The quantitative estimate of drug-likeness (QED) is 0.612. The summed E-state index contributed by atoms with van der Waals surface area (Å²) in [5, 5.41) is 11.7. The molecule has 0 aliphatic carbocycles. The molecule has 1 fully saturated rings. The molecule has 0 aromatic rings. The molecule has 1 aliphatic heterocycles. The molecular weight excluding hydrogens is 168 g/mol. The Hall–Kier alpha value is -1.28. The van der Waals surface area contributed by atoms with Crippen LogP contribution in [0.5, 0.6) is 0 Å². The molecule has 0 saturated carbocycles. The molecule has 1 saturated heterocycles. The van der Waals surface area contributed by atoms with E-state index in [-0.39, 0.29) is 18.1 Å². The minimum absolute atomic E-state index is 0.169. The second-order valence-corrected chi connectivity index (χ2v) is 3.29. The lowest BCUT2D eigenvalue weighted by Crippen LogP contribution is -2.40. The van der Waals surface area contributed by atoms with Crippen LogP contribution in [0, 0.1) is 11.3 Å². The summed E-state index contributed by atoms with van der Waals surface area (Å²) in [6, 6.07) is 1.75. The van der Waals surface area contributed by atoms with Gasteiger partial charge in [0.15, 0.2) is 0 Å². The van der Waals surface area contributed by atoms with Crippen LogP contribution in [0.2, 0.25) is 0 Å². The van der Waals surface area contributed by atoms with Crippen LogP contribution in [-0.2, 0) is 0 Å². The maximum absolute atomic E-state index is 10.8. The van der Waals surface area contributed by atoms with Crippen LogP contribution in [0.4, 0.5) is 4.79 Å². The van der Waals surface area contributed by atoms with Crippen LogP contribution in [-0.4, -0.2) is 36.1 Å². The number of rotatable bonds is 2. The number of primary amides is 1. The van der Waals surface area contributed by atoms with Crippen molar-refractivity contribution in [3.05, 3.63) is 0 Å². The summed E-state index contributed by atoms with van der Waals surface area (Å²) < 4.78 is 0. The van der Waals surface area contributed by atoms with Gasteiger partial charge in [0, 0.05) is 19.1 Å². The van der Waals surface area contributed by atoms with Gasteiger partial charge in [-0.3, -0.25) is 5.32 Å². The number of amides is 2. The molecule has 0 spiro atoms. The molecule has 1 heterocycles. The molecule has 5 nitrogen and oxygen atoms in total. The Kier molecular flexibility index (Phi) is 3.09. The fourth-order valence-electron chi connectivity index (χ4n) is 1.49. The fraction of sp³-hybridized carbons (Fsp3) is 0.750. The molecule has 1 aliphatic rings. The number of carbonyl (C=O) groups excluding carboxylic acids is 1. The number of urea groups is 1. The number of hydrogen-bond donors (Lipinski definition) is 2. The third-order valence-electron chi connectivity index (χ3n) is 2.18. The van der Waals surface area contributed by atoms with Gasteiger partial charge in [-0.25, -0.2) is 4.79 Å². The van der Waals surface area contributed by atoms with Crippen LogP contribution >= 0.6 is 0 Å². The lowest BCUT2D eigenvalue weighted by atomic mass is 10.2. The molecule has 0 aromatic carbocycles. The summed E-state index contributed by atoms with van der Waals surface area (Å²) >= 11 is 0. The zero-order chi connectivity index (χ0) is 9.84. The highest BCUT2D eigenvalue weighted by molar-refractivity contribution is 5.72. The van der Waals surface area contributed by atoms with Crippen molar-refractivity contribution in [2.75, 3.05) is 13.1 Å². The van der Waals surface area contributed by atoms with E-state index in [0.29, 0.717) is 13.1 Å². The van der Waals surface area contributed by atoms with Crippen LogP contribution in [0.25, 0.3) is 0 Å². The summed E-state index contributed by atoms with van der Waals surface area (Å²) in [5.74, 6) is 0. The Morgan fingerprint density at radius 1 is 1.85 bits per heavy atom. The van der Waals surface area contributed by atoms with E-state index >= 15 is 0 Å². The maximum Gasteiger partial charge on any atom is 0.314 e. The zero-order valence-electron chi connectivity index (χ0n) is 7.66. The van der Waals surface area contributed by atoms with Crippen LogP contribution < -0.4 is 11.1 Å².